The van der Waals surface area contributed by atoms with Gasteiger partial charge in [-0.1, -0.05) is 36.4 Å². The molecule has 0 aliphatic rings. The van der Waals surface area contributed by atoms with Gasteiger partial charge in [0.2, 0.25) is 5.58 Å². The van der Waals surface area contributed by atoms with E-state index in [0.717, 1.165) is 27.9 Å². The van der Waals surface area contributed by atoms with Crippen LogP contribution in [0.4, 0.5) is 5.69 Å². The molecule has 0 bridgehead atoms. The summed E-state index contributed by atoms with van der Waals surface area (Å²) < 4.78 is 8.25. The van der Waals surface area contributed by atoms with Gasteiger partial charge in [-0.15, -0.1) is 0 Å². The van der Waals surface area contributed by atoms with Crippen molar-refractivity contribution >= 4 is 39.7 Å². The lowest BCUT2D eigenvalue weighted by Crippen LogP contribution is -2.29. The number of oxazole rings is 1. The molecule has 4 aromatic rings. The molecule has 0 spiro atoms. The Morgan fingerprint density at radius 3 is 2.40 bits per heavy atom. The average Bonchev–Trinajstić information content (AvgIpc) is 2.97. The van der Waals surface area contributed by atoms with E-state index in [0.29, 0.717) is 0 Å². The summed E-state index contributed by atoms with van der Waals surface area (Å²) in [6, 6.07) is 21.0. The van der Waals surface area contributed by atoms with Crippen LogP contribution in [0.5, 0.6) is 0 Å². The molecule has 25 heavy (non-hydrogen) atoms. The molecule has 0 N–H and O–H groups in total. The zero-order valence-corrected chi connectivity index (χ0v) is 14.7. The van der Waals surface area contributed by atoms with E-state index in [1.807, 2.05) is 33.3 Å². The Kier molecular flexibility index (Phi) is 3.77. The predicted octanol–water partition coefficient (Wildman–Crippen LogP) is 4.65. The molecule has 3 aromatic carbocycles. The molecule has 0 unspecified atom stereocenters. The Bertz CT molecular complexity index is 1070. The van der Waals surface area contributed by atoms with Crippen molar-refractivity contribution in [3.8, 4) is 0 Å². The van der Waals surface area contributed by atoms with Crippen LogP contribution in [0, 0.1) is 0 Å². The lowest BCUT2D eigenvalue weighted by Gasteiger charge is -2.11. The minimum atomic E-state index is 0.836. The molecule has 0 saturated carbocycles. The Morgan fingerprint density at radius 1 is 0.880 bits per heavy atom. The second-order valence-corrected chi connectivity index (χ2v) is 6.45. The minimum Gasteiger partial charge on any atom is -0.397 e. The Hall–Kier alpha value is -3.07. The van der Waals surface area contributed by atoms with Gasteiger partial charge in [0.15, 0.2) is 0 Å². The van der Waals surface area contributed by atoms with Crippen LogP contribution in [-0.2, 0) is 7.05 Å². The number of aryl methyl sites for hydroxylation is 1. The van der Waals surface area contributed by atoms with Crippen molar-refractivity contribution in [1.29, 1.82) is 0 Å². The molecule has 124 valence electrons. The molecule has 0 amide bonds. The van der Waals surface area contributed by atoms with Crippen LogP contribution in [0.1, 0.15) is 11.5 Å². The van der Waals surface area contributed by atoms with Gasteiger partial charge in [-0.2, -0.15) is 4.57 Å². The van der Waals surface area contributed by atoms with E-state index in [9.17, 15) is 0 Å². The molecule has 3 nitrogen and oxygen atoms in total. The third-order valence-electron chi connectivity index (χ3n) is 4.59. The van der Waals surface area contributed by atoms with Gasteiger partial charge in [0.05, 0.1) is 6.08 Å². The zero-order valence-electron chi connectivity index (χ0n) is 14.7. The quantitative estimate of drug-likeness (QED) is 0.510. The summed E-state index contributed by atoms with van der Waals surface area (Å²) in [6.45, 7) is 0. The molecule has 0 aliphatic heterocycles. The van der Waals surface area contributed by atoms with Crippen LogP contribution >= 0.6 is 0 Å². The highest BCUT2D eigenvalue weighted by molar-refractivity contribution is 6.01. The van der Waals surface area contributed by atoms with E-state index < -0.39 is 0 Å². The van der Waals surface area contributed by atoms with Crippen LogP contribution < -0.4 is 9.47 Å². The molecule has 3 heteroatoms. The highest BCUT2D eigenvalue weighted by Crippen LogP contribution is 2.25. The number of benzene rings is 3. The van der Waals surface area contributed by atoms with E-state index in [4.69, 9.17) is 4.42 Å². The van der Waals surface area contributed by atoms with Crippen molar-refractivity contribution < 1.29 is 8.98 Å². The maximum Gasteiger partial charge on any atom is 0.373 e. The fourth-order valence-electron chi connectivity index (χ4n) is 3.09. The number of fused-ring (bicyclic) bond motifs is 3. The third kappa shape index (κ3) is 2.78. The fraction of sp³-hybridized carbons (Fsp3) is 0.136. The van der Waals surface area contributed by atoms with Crippen molar-refractivity contribution in [3.05, 3.63) is 72.1 Å². The molecule has 0 radical (unpaired) electrons. The molecule has 1 heterocycles. The van der Waals surface area contributed by atoms with Crippen LogP contribution in [0.3, 0.4) is 0 Å². The molecule has 1 aromatic heterocycles. The van der Waals surface area contributed by atoms with Crippen molar-refractivity contribution in [2.24, 2.45) is 7.05 Å². The Morgan fingerprint density at radius 2 is 1.64 bits per heavy atom. The highest BCUT2D eigenvalue weighted by Gasteiger charge is 2.18. The Balaban J connectivity index is 1.74. The van der Waals surface area contributed by atoms with Gasteiger partial charge in [0, 0.05) is 31.2 Å². The first-order chi connectivity index (χ1) is 12.1. The number of hydrogen-bond acceptors (Lipinski definition) is 2. The van der Waals surface area contributed by atoms with Crippen LogP contribution in [0.25, 0.3) is 34.0 Å². The second kappa shape index (κ2) is 6.10. The Labute approximate surface area is 147 Å². The number of nitrogens with zero attached hydrogens (tertiary/aromatic N) is 2. The maximum absolute atomic E-state index is 6.16. The maximum atomic E-state index is 6.16. The topological polar surface area (TPSA) is 20.3 Å². The molecule has 0 saturated heterocycles. The van der Waals surface area contributed by atoms with Crippen molar-refractivity contribution in [2.75, 3.05) is 19.0 Å². The summed E-state index contributed by atoms with van der Waals surface area (Å²) in [5, 5.41) is 2.34. The lowest BCUT2D eigenvalue weighted by atomic mass is 10.1. The number of rotatable bonds is 3. The van der Waals surface area contributed by atoms with Crippen molar-refractivity contribution in [1.82, 2.24) is 0 Å². The summed E-state index contributed by atoms with van der Waals surface area (Å²) in [5.41, 5.74) is 4.37. The summed E-state index contributed by atoms with van der Waals surface area (Å²) in [5.74, 6) is 0.836. The molecule has 0 fully saturated rings. The molecule has 0 aliphatic carbocycles. The highest BCUT2D eigenvalue weighted by atomic mass is 16.4. The first kappa shape index (κ1) is 15.5. The summed E-state index contributed by atoms with van der Waals surface area (Å²) in [4.78, 5) is 2.10. The van der Waals surface area contributed by atoms with Gasteiger partial charge >= 0.3 is 5.89 Å². The van der Waals surface area contributed by atoms with Crippen LogP contribution in [0.15, 0.2) is 65.1 Å². The lowest BCUT2D eigenvalue weighted by molar-refractivity contribution is -0.651. The van der Waals surface area contributed by atoms with E-state index in [1.54, 1.807) is 0 Å². The fourth-order valence-corrected chi connectivity index (χ4v) is 3.09. The van der Waals surface area contributed by atoms with Gasteiger partial charge in [0.25, 0.3) is 5.52 Å². The molecule has 4 rings (SSSR count). The second-order valence-electron chi connectivity index (χ2n) is 6.45. The summed E-state index contributed by atoms with van der Waals surface area (Å²) >= 11 is 0. The van der Waals surface area contributed by atoms with E-state index in [2.05, 4.69) is 70.1 Å². The summed E-state index contributed by atoms with van der Waals surface area (Å²) in [7, 11) is 6.13. The first-order valence-corrected chi connectivity index (χ1v) is 8.39. The first-order valence-electron chi connectivity index (χ1n) is 8.39. The number of hydrogen-bond donors (Lipinski definition) is 0. The van der Waals surface area contributed by atoms with Crippen LogP contribution in [0.2, 0.25) is 0 Å². The monoisotopic (exact) mass is 329 g/mol. The van der Waals surface area contributed by atoms with Crippen LogP contribution in [-0.4, -0.2) is 14.1 Å². The van der Waals surface area contributed by atoms with Gasteiger partial charge in [-0.05, 0) is 35.2 Å². The molecular weight excluding hydrogens is 308 g/mol. The number of aromatic nitrogens is 1. The molecule has 0 atom stereocenters. The van der Waals surface area contributed by atoms with Gasteiger partial charge < -0.3 is 9.32 Å². The third-order valence-corrected chi connectivity index (χ3v) is 4.59. The zero-order chi connectivity index (χ0) is 17.4. The van der Waals surface area contributed by atoms with Gasteiger partial charge in [-0.25, -0.2) is 0 Å². The van der Waals surface area contributed by atoms with E-state index in [-0.39, 0.29) is 0 Å². The average molecular weight is 329 g/mol. The minimum absolute atomic E-state index is 0.836. The number of anilines is 1. The normalized spacial score (nSPS) is 11.6. The van der Waals surface area contributed by atoms with E-state index in [1.165, 1.54) is 11.1 Å². The van der Waals surface area contributed by atoms with Crippen molar-refractivity contribution in [3.63, 3.8) is 0 Å². The van der Waals surface area contributed by atoms with Gasteiger partial charge in [-0.3, -0.25) is 0 Å². The smallest absolute Gasteiger partial charge is 0.373 e. The van der Waals surface area contributed by atoms with Crippen molar-refractivity contribution in [2.45, 2.75) is 0 Å². The molecular formula is C22H21N2O+. The largest absolute Gasteiger partial charge is 0.397 e. The van der Waals surface area contributed by atoms with E-state index >= 15 is 0 Å². The summed E-state index contributed by atoms with van der Waals surface area (Å²) in [6.07, 6.45) is 4.11. The SMILES string of the molecule is CN(C)c1ccc(C=Cc2oc3c4ccccc4ccc3[n+]2C)cc1. The predicted molar refractivity (Wildman–Crippen MR) is 105 cm³/mol. The van der Waals surface area contributed by atoms with Gasteiger partial charge in [0.1, 0.15) is 7.05 Å². The standard InChI is InChI=1S/C22H21N2O/c1-23(2)18-12-8-16(9-13-18)10-15-21-24(3)20-14-11-17-6-4-5-7-19(17)22(20)25-21/h4-15H,1-3H3/q+1.